The second kappa shape index (κ2) is 3.49. The van der Waals surface area contributed by atoms with Gasteiger partial charge in [-0.05, 0) is 38.3 Å². The summed E-state index contributed by atoms with van der Waals surface area (Å²) >= 11 is 0. The maximum absolute atomic E-state index is 4.05. The quantitative estimate of drug-likeness (QED) is 0.697. The Labute approximate surface area is 85.8 Å². The van der Waals surface area contributed by atoms with E-state index in [9.17, 15) is 0 Å². The van der Waals surface area contributed by atoms with E-state index >= 15 is 0 Å². The second-order valence-electron chi connectivity index (χ2n) is 4.48. The van der Waals surface area contributed by atoms with Crippen molar-refractivity contribution in [2.24, 2.45) is 0 Å². The van der Waals surface area contributed by atoms with E-state index in [0.29, 0.717) is 0 Å². The summed E-state index contributed by atoms with van der Waals surface area (Å²) in [5.41, 5.74) is 2.80. The van der Waals surface area contributed by atoms with Crippen molar-refractivity contribution in [1.29, 1.82) is 0 Å². The summed E-state index contributed by atoms with van der Waals surface area (Å²) < 4.78 is 0. The predicted octanol–water partition coefficient (Wildman–Crippen LogP) is 3.60. The molecule has 1 aliphatic carbocycles. The van der Waals surface area contributed by atoms with E-state index in [4.69, 9.17) is 0 Å². The van der Waals surface area contributed by atoms with Crippen LogP contribution in [0, 0.1) is 0 Å². The Balaban J connectivity index is 2.08. The number of hydrogen-bond acceptors (Lipinski definition) is 1. The van der Waals surface area contributed by atoms with Gasteiger partial charge in [0.25, 0.3) is 0 Å². The van der Waals surface area contributed by atoms with Crippen LogP contribution >= 0.6 is 0 Å². The minimum Gasteiger partial charge on any atom is -0.380 e. The minimum absolute atomic E-state index is 0.221. The molecule has 0 bridgehead atoms. The smallest absolute Gasteiger partial charge is 0.0385 e. The first-order valence-electron chi connectivity index (χ1n) is 5.18. The molecule has 1 heteroatoms. The molecule has 14 heavy (non-hydrogen) atoms. The lowest BCUT2D eigenvalue weighted by molar-refractivity contribution is 0.541. The van der Waals surface area contributed by atoms with Crippen molar-refractivity contribution < 1.29 is 0 Å². The van der Waals surface area contributed by atoms with E-state index in [-0.39, 0.29) is 5.54 Å². The van der Waals surface area contributed by atoms with Crippen LogP contribution in [0.15, 0.2) is 42.5 Å². The van der Waals surface area contributed by atoms with Gasteiger partial charge in [0.05, 0.1) is 0 Å². The predicted molar refractivity (Wildman–Crippen MR) is 61.5 cm³/mol. The highest BCUT2D eigenvalue weighted by atomic mass is 15.0. The van der Waals surface area contributed by atoms with Crippen LogP contribution in [0.4, 0.5) is 5.69 Å². The lowest BCUT2D eigenvalue weighted by Gasteiger charge is -2.26. The summed E-state index contributed by atoms with van der Waals surface area (Å²) in [5, 5.41) is 3.59. The summed E-state index contributed by atoms with van der Waals surface area (Å²) in [5.74, 6) is 0. The number of benzene rings is 1. The molecule has 0 amide bonds. The average molecular weight is 187 g/mol. The molecular weight excluding hydrogens is 170 g/mol. The van der Waals surface area contributed by atoms with Crippen LogP contribution in [0.3, 0.4) is 0 Å². The third-order valence-electron chi connectivity index (χ3n) is 2.89. The highest BCUT2D eigenvalue weighted by Crippen LogP contribution is 2.35. The number of rotatable bonds is 2. The van der Waals surface area contributed by atoms with Crippen molar-refractivity contribution >= 4 is 5.69 Å². The van der Waals surface area contributed by atoms with Gasteiger partial charge in [-0.15, -0.1) is 0 Å². The van der Waals surface area contributed by atoms with Crippen LogP contribution in [0.5, 0.6) is 0 Å². The number of para-hydroxylation sites is 1. The number of hydrogen-bond donors (Lipinski definition) is 1. The Morgan fingerprint density at radius 2 is 2.00 bits per heavy atom. The second-order valence-corrected chi connectivity index (χ2v) is 4.48. The standard InChI is InChI=1S/C13H17N/c1-11-8-9-13(2,10-11)14-12-6-4-3-5-7-12/h3-7,14H,1,8-10H2,2H3. The molecule has 1 aromatic rings. The summed E-state index contributed by atoms with van der Waals surface area (Å²) in [6, 6.07) is 10.4. The van der Waals surface area contributed by atoms with Gasteiger partial charge in [0, 0.05) is 11.2 Å². The maximum atomic E-state index is 4.05. The van der Waals surface area contributed by atoms with E-state index in [0.717, 1.165) is 12.8 Å². The molecule has 1 fully saturated rings. The molecule has 0 radical (unpaired) electrons. The van der Waals surface area contributed by atoms with Gasteiger partial charge in [0.15, 0.2) is 0 Å². The van der Waals surface area contributed by atoms with Crippen molar-refractivity contribution in [3.63, 3.8) is 0 Å². The largest absolute Gasteiger partial charge is 0.380 e. The monoisotopic (exact) mass is 187 g/mol. The first-order chi connectivity index (χ1) is 6.68. The normalized spacial score (nSPS) is 26.5. The highest BCUT2D eigenvalue weighted by molar-refractivity contribution is 5.46. The fourth-order valence-corrected chi connectivity index (χ4v) is 2.16. The molecular formula is C13H17N. The van der Waals surface area contributed by atoms with E-state index in [2.05, 4.69) is 43.1 Å². The first-order valence-corrected chi connectivity index (χ1v) is 5.18. The Hall–Kier alpha value is -1.24. The fourth-order valence-electron chi connectivity index (χ4n) is 2.16. The molecule has 0 saturated heterocycles. The van der Waals surface area contributed by atoms with Crippen LogP contribution in [-0.2, 0) is 0 Å². The molecule has 74 valence electrons. The third kappa shape index (κ3) is 1.98. The molecule has 1 atom stereocenters. The van der Waals surface area contributed by atoms with E-state index in [1.807, 2.05) is 6.07 Å². The number of anilines is 1. The SMILES string of the molecule is C=C1CCC(C)(Nc2ccccc2)C1. The molecule has 1 N–H and O–H groups in total. The van der Waals surface area contributed by atoms with E-state index < -0.39 is 0 Å². The van der Waals surface area contributed by atoms with Gasteiger partial charge in [-0.3, -0.25) is 0 Å². The lowest BCUT2D eigenvalue weighted by Crippen LogP contribution is -2.30. The average Bonchev–Trinajstić information content (AvgIpc) is 2.47. The van der Waals surface area contributed by atoms with Crippen LogP contribution in [0.2, 0.25) is 0 Å². The molecule has 1 aliphatic rings. The minimum atomic E-state index is 0.221. The van der Waals surface area contributed by atoms with Crippen LogP contribution in [0.25, 0.3) is 0 Å². The summed E-state index contributed by atoms with van der Waals surface area (Å²) in [6.07, 6.45) is 3.46. The Morgan fingerprint density at radius 1 is 1.29 bits per heavy atom. The van der Waals surface area contributed by atoms with Crippen LogP contribution in [0.1, 0.15) is 26.2 Å². The molecule has 0 aromatic heterocycles. The third-order valence-corrected chi connectivity index (χ3v) is 2.89. The van der Waals surface area contributed by atoms with Gasteiger partial charge in [0.2, 0.25) is 0 Å². The Bertz CT molecular complexity index is 328. The van der Waals surface area contributed by atoms with Gasteiger partial charge < -0.3 is 5.32 Å². The van der Waals surface area contributed by atoms with Crippen molar-refractivity contribution in [2.45, 2.75) is 31.7 Å². The van der Waals surface area contributed by atoms with Gasteiger partial charge in [-0.1, -0.05) is 30.4 Å². The molecule has 0 heterocycles. The molecule has 0 spiro atoms. The zero-order valence-corrected chi connectivity index (χ0v) is 8.72. The highest BCUT2D eigenvalue weighted by Gasteiger charge is 2.30. The molecule has 1 aromatic carbocycles. The fraction of sp³-hybridized carbons (Fsp3) is 0.385. The lowest BCUT2D eigenvalue weighted by atomic mass is 10.00. The molecule has 1 nitrogen and oxygen atoms in total. The maximum Gasteiger partial charge on any atom is 0.0385 e. The van der Waals surface area contributed by atoms with E-state index in [1.165, 1.54) is 17.7 Å². The first kappa shape index (κ1) is 9.32. The summed E-state index contributed by atoms with van der Waals surface area (Å²) in [4.78, 5) is 0. The molecule has 1 unspecified atom stereocenters. The van der Waals surface area contributed by atoms with Crippen molar-refractivity contribution in [3.05, 3.63) is 42.5 Å². The van der Waals surface area contributed by atoms with E-state index in [1.54, 1.807) is 0 Å². The summed E-state index contributed by atoms with van der Waals surface area (Å²) in [6.45, 7) is 6.33. The van der Waals surface area contributed by atoms with Gasteiger partial charge in [-0.25, -0.2) is 0 Å². The van der Waals surface area contributed by atoms with Crippen LogP contribution < -0.4 is 5.32 Å². The zero-order chi connectivity index (χ0) is 10.0. The number of nitrogens with one attached hydrogen (secondary N) is 1. The van der Waals surface area contributed by atoms with Crippen molar-refractivity contribution in [2.75, 3.05) is 5.32 Å². The van der Waals surface area contributed by atoms with Crippen molar-refractivity contribution in [1.82, 2.24) is 0 Å². The Morgan fingerprint density at radius 3 is 2.57 bits per heavy atom. The summed E-state index contributed by atoms with van der Waals surface area (Å²) in [7, 11) is 0. The van der Waals surface area contributed by atoms with Crippen molar-refractivity contribution in [3.8, 4) is 0 Å². The Kier molecular flexibility index (Phi) is 2.32. The van der Waals surface area contributed by atoms with Crippen LogP contribution in [-0.4, -0.2) is 5.54 Å². The molecule has 0 aliphatic heterocycles. The topological polar surface area (TPSA) is 12.0 Å². The van der Waals surface area contributed by atoms with Gasteiger partial charge in [0.1, 0.15) is 0 Å². The molecule has 2 rings (SSSR count). The van der Waals surface area contributed by atoms with Gasteiger partial charge >= 0.3 is 0 Å². The zero-order valence-electron chi connectivity index (χ0n) is 8.72. The van der Waals surface area contributed by atoms with Gasteiger partial charge in [-0.2, -0.15) is 0 Å². The molecule has 1 saturated carbocycles.